The number of hydrogen-bond donors (Lipinski definition) is 0. The Balaban J connectivity index is 1.70. The summed E-state index contributed by atoms with van der Waals surface area (Å²) in [5, 5.41) is 4.72. The van der Waals surface area contributed by atoms with E-state index in [1.165, 1.54) is 13.2 Å². The number of nitrogens with zero attached hydrogens (tertiary/aromatic N) is 4. The van der Waals surface area contributed by atoms with Crippen LogP contribution in [0.15, 0.2) is 79.1 Å². The van der Waals surface area contributed by atoms with E-state index in [0.717, 1.165) is 16.9 Å². The summed E-state index contributed by atoms with van der Waals surface area (Å²) in [5.74, 6) is 0.119. The lowest BCUT2D eigenvalue weighted by Crippen LogP contribution is -2.18. The van der Waals surface area contributed by atoms with Crippen molar-refractivity contribution < 1.29 is 9.13 Å². The van der Waals surface area contributed by atoms with Crippen LogP contribution in [0.4, 0.5) is 4.39 Å². The Morgan fingerprint density at radius 2 is 1.80 bits per heavy atom. The van der Waals surface area contributed by atoms with Crippen molar-refractivity contribution >= 4 is 0 Å². The molecule has 0 saturated carbocycles. The van der Waals surface area contributed by atoms with Crippen molar-refractivity contribution in [3.8, 4) is 22.7 Å². The van der Waals surface area contributed by atoms with Gasteiger partial charge in [0.15, 0.2) is 0 Å². The lowest BCUT2D eigenvalue weighted by molar-refractivity contribution is 0.315. The molecule has 2 aromatic heterocycles. The standard InChI is InChI=1S/C24H23FN4O/c1-28(17-19-8-6-7-13-26-19)15-18-16-29(20-9-4-3-5-10-20)27-24(18)22-12-11-21(30-2)14-23(22)25/h3-14,16H,15,17H2,1-2H3. The largest absolute Gasteiger partial charge is 0.497 e. The summed E-state index contributed by atoms with van der Waals surface area (Å²) in [6.07, 6.45) is 3.75. The van der Waals surface area contributed by atoms with Gasteiger partial charge in [0.05, 0.1) is 18.5 Å². The first kappa shape index (κ1) is 19.8. The Hall–Kier alpha value is -3.51. The Bertz CT molecular complexity index is 1110. The number of para-hydroxylation sites is 1. The minimum Gasteiger partial charge on any atom is -0.497 e. The fourth-order valence-electron chi connectivity index (χ4n) is 3.39. The summed E-state index contributed by atoms with van der Waals surface area (Å²) in [6, 6.07) is 20.5. The molecule has 2 heterocycles. The van der Waals surface area contributed by atoms with Crippen molar-refractivity contribution in [2.75, 3.05) is 14.2 Å². The molecule has 0 N–H and O–H groups in total. The molecule has 0 saturated heterocycles. The fourth-order valence-corrected chi connectivity index (χ4v) is 3.39. The third-order valence-corrected chi connectivity index (χ3v) is 4.84. The minimum absolute atomic E-state index is 0.360. The molecule has 0 bridgehead atoms. The van der Waals surface area contributed by atoms with Crippen molar-refractivity contribution in [2.24, 2.45) is 0 Å². The number of rotatable bonds is 7. The lowest BCUT2D eigenvalue weighted by atomic mass is 10.1. The van der Waals surface area contributed by atoms with Crippen LogP contribution in [0.2, 0.25) is 0 Å². The van der Waals surface area contributed by atoms with Gasteiger partial charge in [-0.2, -0.15) is 5.10 Å². The van der Waals surface area contributed by atoms with E-state index >= 15 is 0 Å². The maximum absolute atomic E-state index is 14.8. The van der Waals surface area contributed by atoms with Crippen LogP contribution < -0.4 is 4.74 Å². The first-order valence-corrected chi connectivity index (χ1v) is 9.70. The van der Waals surface area contributed by atoms with Gasteiger partial charge in [-0.15, -0.1) is 0 Å². The number of methoxy groups -OCH3 is 1. The SMILES string of the molecule is COc1ccc(-c2nn(-c3ccccc3)cc2CN(C)Cc2ccccn2)c(F)c1. The topological polar surface area (TPSA) is 43.2 Å². The highest BCUT2D eigenvalue weighted by molar-refractivity contribution is 5.65. The van der Waals surface area contributed by atoms with E-state index in [1.54, 1.807) is 23.0 Å². The van der Waals surface area contributed by atoms with E-state index in [4.69, 9.17) is 9.84 Å². The van der Waals surface area contributed by atoms with Crippen molar-refractivity contribution in [2.45, 2.75) is 13.1 Å². The molecule has 0 atom stereocenters. The Kier molecular flexibility index (Phi) is 5.86. The summed E-state index contributed by atoms with van der Waals surface area (Å²) in [6.45, 7) is 1.28. The molecule has 4 rings (SSSR count). The molecule has 5 nitrogen and oxygen atoms in total. The number of benzene rings is 2. The second-order valence-electron chi connectivity index (χ2n) is 7.12. The highest BCUT2D eigenvalue weighted by Crippen LogP contribution is 2.29. The quantitative estimate of drug-likeness (QED) is 0.449. The molecule has 0 aliphatic carbocycles. The van der Waals surface area contributed by atoms with Gasteiger partial charge >= 0.3 is 0 Å². The van der Waals surface area contributed by atoms with Crippen LogP contribution in [0, 0.1) is 5.82 Å². The average Bonchev–Trinajstić information content (AvgIpc) is 3.18. The van der Waals surface area contributed by atoms with Gasteiger partial charge in [-0.25, -0.2) is 9.07 Å². The number of aromatic nitrogens is 3. The third-order valence-electron chi connectivity index (χ3n) is 4.84. The molecule has 0 spiro atoms. The molecular formula is C24H23FN4O. The molecule has 0 radical (unpaired) electrons. The molecular weight excluding hydrogens is 379 g/mol. The first-order valence-electron chi connectivity index (χ1n) is 9.70. The number of hydrogen-bond acceptors (Lipinski definition) is 4. The first-order chi connectivity index (χ1) is 14.6. The van der Waals surface area contributed by atoms with Gasteiger partial charge in [-0.1, -0.05) is 24.3 Å². The molecule has 0 fully saturated rings. The van der Waals surface area contributed by atoms with Gasteiger partial charge in [-0.05, 0) is 43.4 Å². The van der Waals surface area contributed by atoms with Crippen molar-refractivity contribution in [1.82, 2.24) is 19.7 Å². The zero-order valence-electron chi connectivity index (χ0n) is 17.0. The Morgan fingerprint density at radius 1 is 1.00 bits per heavy atom. The van der Waals surface area contributed by atoms with E-state index in [-0.39, 0.29) is 5.82 Å². The molecule has 0 aliphatic heterocycles. The maximum atomic E-state index is 14.8. The van der Waals surface area contributed by atoms with Crippen LogP contribution >= 0.6 is 0 Å². The number of pyridine rings is 1. The Labute approximate surface area is 175 Å². The van der Waals surface area contributed by atoms with E-state index in [9.17, 15) is 4.39 Å². The van der Waals surface area contributed by atoms with E-state index in [1.807, 2.05) is 61.8 Å². The summed E-state index contributed by atoms with van der Waals surface area (Å²) in [7, 11) is 3.54. The molecule has 2 aromatic carbocycles. The summed E-state index contributed by atoms with van der Waals surface area (Å²) < 4.78 is 21.8. The summed E-state index contributed by atoms with van der Waals surface area (Å²) >= 11 is 0. The maximum Gasteiger partial charge on any atom is 0.136 e. The molecule has 0 amide bonds. The zero-order valence-corrected chi connectivity index (χ0v) is 17.0. The number of halogens is 1. The third kappa shape index (κ3) is 4.39. The molecule has 0 unspecified atom stereocenters. The second-order valence-corrected chi connectivity index (χ2v) is 7.12. The molecule has 4 aromatic rings. The van der Waals surface area contributed by atoms with E-state index in [2.05, 4.69) is 9.88 Å². The van der Waals surface area contributed by atoms with Crippen molar-refractivity contribution in [3.63, 3.8) is 0 Å². The van der Waals surface area contributed by atoms with Crippen molar-refractivity contribution in [3.05, 3.63) is 96.2 Å². The monoisotopic (exact) mass is 402 g/mol. The van der Waals surface area contributed by atoms with Gasteiger partial charge in [0, 0.05) is 42.7 Å². The Morgan fingerprint density at radius 3 is 2.50 bits per heavy atom. The zero-order chi connectivity index (χ0) is 20.9. The van der Waals surface area contributed by atoms with Gasteiger partial charge < -0.3 is 4.74 Å². The molecule has 6 heteroatoms. The lowest BCUT2D eigenvalue weighted by Gasteiger charge is -2.16. The van der Waals surface area contributed by atoms with Gasteiger partial charge in [-0.3, -0.25) is 9.88 Å². The average molecular weight is 402 g/mol. The predicted octanol–water partition coefficient (Wildman–Crippen LogP) is 4.71. The van der Waals surface area contributed by atoms with Crippen LogP contribution in [0.1, 0.15) is 11.3 Å². The van der Waals surface area contributed by atoms with Gasteiger partial charge in [0.25, 0.3) is 0 Å². The normalized spacial score (nSPS) is 11.1. The van der Waals surface area contributed by atoms with Crippen LogP contribution in [0.5, 0.6) is 5.75 Å². The smallest absolute Gasteiger partial charge is 0.136 e. The second kappa shape index (κ2) is 8.88. The van der Waals surface area contributed by atoms with Crippen LogP contribution in [0.3, 0.4) is 0 Å². The number of ether oxygens (including phenoxy) is 1. The summed E-state index contributed by atoms with van der Waals surface area (Å²) in [5.41, 5.74) is 3.90. The van der Waals surface area contributed by atoms with Crippen LogP contribution in [-0.2, 0) is 13.1 Å². The van der Waals surface area contributed by atoms with Crippen LogP contribution in [-0.4, -0.2) is 33.8 Å². The van der Waals surface area contributed by atoms with Crippen molar-refractivity contribution in [1.29, 1.82) is 0 Å². The van der Waals surface area contributed by atoms with Gasteiger partial charge in [0.1, 0.15) is 17.3 Å². The minimum atomic E-state index is -0.360. The van der Waals surface area contributed by atoms with E-state index in [0.29, 0.717) is 30.1 Å². The molecule has 0 aliphatic rings. The molecule has 152 valence electrons. The summed E-state index contributed by atoms with van der Waals surface area (Å²) in [4.78, 5) is 6.53. The van der Waals surface area contributed by atoms with Gasteiger partial charge in [0.2, 0.25) is 0 Å². The van der Waals surface area contributed by atoms with E-state index < -0.39 is 0 Å². The fraction of sp³-hybridized carbons (Fsp3) is 0.167. The predicted molar refractivity (Wildman–Crippen MR) is 115 cm³/mol. The highest BCUT2D eigenvalue weighted by atomic mass is 19.1. The highest BCUT2D eigenvalue weighted by Gasteiger charge is 2.18. The van der Waals surface area contributed by atoms with Crippen LogP contribution in [0.25, 0.3) is 16.9 Å². The molecule has 30 heavy (non-hydrogen) atoms.